The molecular weight excluding hydrogens is 531 g/mol. The summed E-state index contributed by atoms with van der Waals surface area (Å²) in [7, 11) is 0. The highest BCUT2D eigenvalue weighted by molar-refractivity contribution is 9.11. The summed E-state index contributed by atoms with van der Waals surface area (Å²) in [5, 5.41) is 23.9. The summed E-state index contributed by atoms with van der Waals surface area (Å²) in [4.78, 5) is 25.9. The molecule has 0 amide bonds. The van der Waals surface area contributed by atoms with E-state index in [0.717, 1.165) is 0 Å². The molecule has 4 rings (SSSR count). The van der Waals surface area contributed by atoms with Crippen molar-refractivity contribution >= 4 is 77.8 Å². The molecule has 2 aliphatic rings. The van der Waals surface area contributed by atoms with Gasteiger partial charge < -0.3 is 9.80 Å². The summed E-state index contributed by atoms with van der Waals surface area (Å²) in [5.41, 5.74) is 1.76. The van der Waals surface area contributed by atoms with Gasteiger partial charge in [-0.3, -0.25) is 20.2 Å². The Kier molecular flexibility index (Phi) is 4.49. The fourth-order valence-corrected chi connectivity index (χ4v) is 5.84. The van der Waals surface area contributed by atoms with Gasteiger partial charge in [-0.05, 0) is 44.0 Å². The number of benzene rings is 2. The van der Waals surface area contributed by atoms with E-state index in [1.165, 1.54) is 12.1 Å². The number of nitro benzene ring substituents is 2. The molecule has 2 aromatic carbocycles. The maximum absolute atomic E-state index is 11.6. The molecule has 0 unspecified atom stereocenters. The van der Waals surface area contributed by atoms with E-state index in [1.54, 1.807) is 9.80 Å². The Labute approximate surface area is 179 Å². The third-order valence-corrected chi connectivity index (χ3v) is 6.38. The zero-order valence-electron chi connectivity index (χ0n) is 13.2. The van der Waals surface area contributed by atoms with Crippen LogP contribution in [0.25, 0.3) is 0 Å². The van der Waals surface area contributed by atoms with Gasteiger partial charge >= 0.3 is 0 Å². The van der Waals surface area contributed by atoms with Crippen LogP contribution in [-0.4, -0.2) is 16.5 Å². The fraction of sp³-hybridized carbons (Fsp3) is 0.200. The van der Waals surface area contributed by atoms with Crippen LogP contribution in [0.5, 0.6) is 0 Å². The SMILES string of the molecule is O=[N+]([O-])c1c(Br)cc(Cl)c2c1CN1CN2Cc2c1c(Cl)cc(Br)c2[N+](=O)[O-]. The molecule has 0 N–H and O–H groups in total. The van der Waals surface area contributed by atoms with E-state index in [2.05, 4.69) is 31.9 Å². The number of nitrogens with zero attached hydrogens (tertiary/aromatic N) is 4. The van der Waals surface area contributed by atoms with Crippen LogP contribution in [0.3, 0.4) is 0 Å². The Morgan fingerprint density at radius 3 is 1.56 bits per heavy atom. The van der Waals surface area contributed by atoms with Gasteiger partial charge in [-0.1, -0.05) is 23.2 Å². The fourth-order valence-electron chi connectivity index (χ4n) is 3.66. The third-order valence-electron chi connectivity index (χ3n) is 4.59. The number of hydrogen-bond acceptors (Lipinski definition) is 6. The molecule has 0 fully saturated rings. The van der Waals surface area contributed by atoms with Crippen LogP contribution >= 0.6 is 55.1 Å². The summed E-state index contributed by atoms with van der Waals surface area (Å²) in [6.07, 6.45) is 0. The van der Waals surface area contributed by atoms with Gasteiger partial charge in [0.05, 0.1) is 71.1 Å². The quantitative estimate of drug-likeness (QED) is 0.363. The lowest BCUT2D eigenvalue weighted by Crippen LogP contribution is -2.46. The molecular formula is C15H8Br2Cl2N4O4. The number of hydrogen-bond donors (Lipinski definition) is 0. The Balaban J connectivity index is 1.98. The molecule has 2 aliphatic heterocycles. The first-order valence-corrected chi connectivity index (χ1v) is 9.85. The van der Waals surface area contributed by atoms with E-state index < -0.39 is 9.85 Å². The molecule has 2 bridgehead atoms. The van der Waals surface area contributed by atoms with Gasteiger partial charge in [-0.2, -0.15) is 0 Å². The highest BCUT2D eigenvalue weighted by Gasteiger charge is 2.40. The van der Waals surface area contributed by atoms with E-state index in [0.29, 0.717) is 39.2 Å². The van der Waals surface area contributed by atoms with Crippen molar-refractivity contribution < 1.29 is 9.85 Å². The van der Waals surface area contributed by atoms with Crippen LogP contribution in [0.15, 0.2) is 21.1 Å². The van der Waals surface area contributed by atoms with Crippen LogP contribution in [0.1, 0.15) is 11.1 Å². The molecule has 2 aromatic rings. The summed E-state index contributed by atoms with van der Waals surface area (Å²) < 4.78 is 0.568. The van der Waals surface area contributed by atoms with Crippen molar-refractivity contribution in [3.63, 3.8) is 0 Å². The first kappa shape index (κ1) is 18.7. The molecule has 27 heavy (non-hydrogen) atoms. The average Bonchev–Trinajstić information content (AvgIpc) is 2.52. The van der Waals surface area contributed by atoms with E-state index in [-0.39, 0.29) is 33.4 Å². The molecule has 140 valence electrons. The van der Waals surface area contributed by atoms with E-state index >= 15 is 0 Å². The second-order valence-electron chi connectivity index (χ2n) is 6.08. The topological polar surface area (TPSA) is 92.8 Å². The molecule has 0 spiro atoms. The van der Waals surface area contributed by atoms with E-state index in [1.807, 2.05) is 0 Å². The lowest BCUT2D eigenvalue weighted by molar-refractivity contribution is -0.386. The van der Waals surface area contributed by atoms with Crippen LogP contribution in [0.2, 0.25) is 10.0 Å². The number of fused-ring (bicyclic) bond motifs is 6. The average molecular weight is 539 g/mol. The second-order valence-corrected chi connectivity index (χ2v) is 8.61. The Morgan fingerprint density at radius 2 is 1.22 bits per heavy atom. The minimum Gasteiger partial charge on any atom is -0.347 e. The molecule has 0 atom stereocenters. The van der Waals surface area contributed by atoms with Gasteiger partial charge in [0.2, 0.25) is 0 Å². The van der Waals surface area contributed by atoms with Crippen molar-refractivity contribution in [2.45, 2.75) is 13.1 Å². The van der Waals surface area contributed by atoms with Gasteiger partial charge in [-0.15, -0.1) is 0 Å². The summed E-state index contributed by atoms with van der Waals surface area (Å²) in [5.74, 6) is 0. The normalized spacial score (nSPS) is 14.7. The van der Waals surface area contributed by atoms with Crippen molar-refractivity contribution in [2.75, 3.05) is 16.5 Å². The second kappa shape index (κ2) is 6.47. The largest absolute Gasteiger partial charge is 0.347 e. The molecule has 8 nitrogen and oxygen atoms in total. The van der Waals surface area contributed by atoms with Crippen molar-refractivity contribution in [2.24, 2.45) is 0 Å². The predicted octanol–water partition coefficient (Wildman–Crippen LogP) is 5.63. The third kappa shape index (κ3) is 2.77. The van der Waals surface area contributed by atoms with Crippen molar-refractivity contribution in [3.8, 4) is 0 Å². The van der Waals surface area contributed by atoms with Crippen LogP contribution < -0.4 is 9.80 Å². The Bertz CT molecular complexity index is 968. The zero-order chi connectivity index (χ0) is 19.6. The molecule has 0 saturated heterocycles. The molecule has 0 aromatic heterocycles. The summed E-state index contributed by atoms with van der Waals surface area (Å²) in [6.45, 7) is 0.691. The highest BCUT2D eigenvalue weighted by atomic mass is 79.9. The van der Waals surface area contributed by atoms with E-state index in [4.69, 9.17) is 23.2 Å². The number of rotatable bonds is 2. The Hall–Kier alpha value is -1.62. The standard InChI is InChI=1S/C15H8Br2Cl2N4O4/c16-8-1-10(18)14-6(12(8)22(24)25)3-21-5-20(14)4-7-13(23(26)27)9(17)2-11(19)15(7)21/h1-2H,3-5H2. The van der Waals surface area contributed by atoms with Crippen molar-refractivity contribution in [1.29, 1.82) is 0 Å². The first-order valence-electron chi connectivity index (χ1n) is 7.51. The summed E-state index contributed by atoms with van der Waals surface area (Å²) >= 11 is 19.2. The molecule has 0 aliphatic carbocycles. The maximum atomic E-state index is 11.6. The van der Waals surface area contributed by atoms with Gasteiger partial charge in [0.1, 0.15) is 0 Å². The van der Waals surface area contributed by atoms with Crippen molar-refractivity contribution in [3.05, 3.63) is 62.5 Å². The molecule has 2 heterocycles. The molecule has 12 heteroatoms. The minimum absolute atomic E-state index is 0.0738. The first-order chi connectivity index (χ1) is 12.7. The van der Waals surface area contributed by atoms with Crippen LogP contribution in [0.4, 0.5) is 22.7 Å². The number of anilines is 2. The number of nitro groups is 2. The lowest BCUT2D eigenvalue weighted by atomic mass is 9.99. The lowest BCUT2D eigenvalue weighted by Gasteiger charge is -2.44. The van der Waals surface area contributed by atoms with Crippen LogP contribution in [-0.2, 0) is 13.1 Å². The van der Waals surface area contributed by atoms with Gasteiger partial charge in [-0.25, -0.2) is 0 Å². The molecule has 0 saturated carbocycles. The smallest absolute Gasteiger partial charge is 0.290 e. The van der Waals surface area contributed by atoms with Gasteiger partial charge in [0.25, 0.3) is 11.4 Å². The number of halogens is 4. The Morgan fingerprint density at radius 1 is 0.852 bits per heavy atom. The van der Waals surface area contributed by atoms with Gasteiger partial charge in [0.15, 0.2) is 0 Å². The molecule has 0 radical (unpaired) electrons. The predicted molar refractivity (Wildman–Crippen MR) is 109 cm³/mol. The maximum Gasteiger partial charge on any atom is 0.290 e. The zero-order valence-corrected chi connectivity index (χ0v) is 17.9. The van der Waals surface area contributed by atoms with Crippen LogP contribution in [0, 0.1) is 20.2 Å². The van der Waals surface area contributed by atoms with E-state index in [9.17, 15) is 20.2 Å². The minimum atomic E-state index is -0.463. The summed E-state index contributed by atoms with van der Waals surface area (Å²) in [6, 6.07) is 2.96. The van der Waals surface area contributed by atoms with Gasteiger partial charge in [0, 0.05) is 0 Å². The van der Waals surface area contributed by atoms with Crippen molar-refractivity contribution in [1.82, 2.24) is 0 Å². The highest BCUT2D eigenvalue weighted by Crippen LogP contribution is 2.51. The monoisotopic (exact) mass is 536 g/mol.